The van der Waals surface area contributed by atoms with E-state index in [2.05, 4.69) is 12.2 Å². The number of aliphatic carboxylic acids is 1. The highest BCUT2D eigenvalue weighted by Gasteiger charge is 2.28. The Hall–Kier alpha value is -3.70. The molecule has 0 bridgehead atoms. The van der Waals surface area contributed by atoms with E-state index in [0.29, 0.717) is 16.0 Å². The molecule has 0 saturated carbocycles. The van der Waals surface area contributed by atoms with E-state index in [1.54, 1.807) is 18.2 Å². The van der Waals surface area contributed by atoms with E-state index in [-0.39, 0.29) is 17.7 Å². The second kappa shape index (κ2) is 11.4. The van der Waals surface area contributed by atoms with E-state index in [9.17, 15) is 14.0 Å². The standard InChI is InChI=1S/C30H27ClFNO3/c1-2-5-23(19-8-10-21(11-9-19)30(36)33-18-28(34)35)29(20-12-14-22(31)15-13-20)26-16-17-27(32)25-7-4-3-6-24(25)26/h3-4,6-17,23,29H,2,5,18H2,1H3,(H,33,36)(H,34,35)/t23-,29?/m1/s1. The molecule has 0 heterocycles. The van der Waals surface area contributed by atoms with Crippen LogP contribution in [0.25, 0.3) is 10.8 Å². The summed E-state index contributed by atoms with van der Waals surface area (Å²) in [5.74, 6) is -1.83. The maximum absolute atomic E-state index is 14.7. The van der Waals surface area contributed by atoms with Gasteiger partial charge in [0, 0.05) is 21.9 Å². The first-order chi connectivity index (χ1) is 17.4. The number of fused-ring (bicyclic) bond motifs is 1. The molecule has 0 fully saturated rings. The molecule has 4 nitrogen and oxygen atoms in total. The summed E-state index contributed by atoms with van der Waals surface area (Å²) in [6.07, 6.45) is 1.79. The molecule has 4 aromatic carbocycles. The second-order valence-electron chi connectivity index (χ2n) is 8.81. The van der Waals surface area contributed by atoms with Gasteiger partial charge >= 0.3 is 5.97 Å². The zero-order valence-corrected chi connectivity index (χ0v) is 20.6. The van der Waals surface area contributed by atoms with Crippen LogP contribution in [0, 0.1) is 5.82 Å². The Morgan fingerprint density at radius 3 is 2.17 bits per heavy atom. The summed E-state index contributed by atoms with van der Waals surface area (Å²) in [7, 11) is 0. The number of carboxylic acid groups (broad SMARTS) is 1. The van der Waals surface area contributed by atoms with Crippen molar-refractivity contribution in [3.63, 3.8) is 0 Å². The van der Waals surface area contributed by atoms with Crippen LogP contribution in [0.1, 0.15) is 58.6 Å². The molecule has 4 aromatic rings. The summed E-state index contributed by atoms with van der Waals surface area (Å²) in [6.45, 7) is 1.69. The zero-order valence-electron chi connectivity index (χ0n) is 19.9. The fourth-order valence-corrected chi connectivity index (χ4v) is 4.96. The number of nitrogens with one attached hydrogen (secondary N) is 1. The van der Waals surface area contributed by atoms with Gasteiger partial charge in [-0.15, -0.1) is 0 Å². The number of amides is 1. The summed E-state index contributed by atoms with van der Waals surface area (Å²) < 4.78 is 14.7. The normalized spacial score (nSPS) is 12.8. The minimum absolute atomic E-state index is 0.0428. The molecule has 6 heteroatoms. The number of benzene rings is 4. The van der Waals surface area contributed by atoms with Gasteiger partial charge in [0.1, 0.15) is 12.4 Å². The molecule has 1 amide bonds. The number of hydrogen-bond acceptors (Lipinski definition) is 2. The fourth-order valence-electron chi connectivity index (χ4n) is 4.83. The molecule has 2 atom stereocenters. The van der Waals surface area contributed by atoms with Crippen LogP contribution in [0.3, 0.4) is 0 Å². The lowest BCUT2D eigenvalue weighted by atomic mass is 9.74. The molecule has 0 saturated heterocycles. The van der Waals surface area contributed by atoms with Crippen molar-refractivity contribution in [1.29, 1.82) is 0 Å². The Balaban J connectivity index is 1.81. The number of hydrogen-bond donors (Lipinski definition) is 2. The molecule has 0 aromatic heterocycles. The van der Waals surface area contributed by atoms with Crippen LogP contribution in [-0.2, 0) is 4.79 Å². The third-order valence-electron chi connectivity index (χ3n) is 6.47. The third kappa shape index (κ3) is 5.58. The van der Waals surface area contributed by atoms with Gasteiger partial charge < -0.3 is 10.4 Å². The minimum Gasteiger partial charge on any atom is -0.480 e. The SMILES string of the molecule is CCC[C@H](c1ccc(C(=O)NCC(=O)O)cc1)C(c1ccc(Cl)cc1)c1ccc(F)c2ccccc12. The average molecular weight is 504 g/mol. The van der Waals surface area contributed by atoms with Crippen molar-refractivity contribution < 1.29 is 19.1 Å². The van der Waals surface area contributed by atoms with Crippen molar-refractivity contribution in [2.24, 2.45) is 0 Å². The van der Waals surface area contributed by atoms with Crippen molar-refractivity contribution in [2.45, 2.75) is 31.6 Å². The predicted molar refractivity (Wildman–Crippen MR) is 141 cm³/mol. The van der Waals surface area contributed by atoms with Crippen molar-refractivity contribution in [2.75, 3.05) is 6.54 Å². The van der Waals surface area contributed by atoms with Gasteiger partial charge in [0.05, 0.1) is 0 Å². The van der Waals surface area contributed by atoms with Gasteiger partial charge in [0.25, 0.3) is 5.91 Å². The average Bonchev–Trinajstić information content (AvgIpc) is 2.89. The molecule has 2 N–H and O–H groups in total. The van der Waals surface area contributed by atoms with Gasteiger partial charge in [0.2, 0.25) is 0 Å². The highest BCUT2D eigenvalue weighted by Crippen LogP contribution is 2.44. The summed E-state index contributed by atoms with van der Waals surface area (Å²) >= 11 is 6.20. The lowest BCUT2D eigenvalue weighted by Gasteiger charge is -2.30. The predicted octanol–water partition coefficient (Wildman–Crippen LogP) is 7.16. The van der Waals surface area contributed by atoms with Crippen molar-refractivity contribution in [3.8, 4) is 0 Å². The summed E-state index contributed by atoms with van der Waals surface area (Å²) in [4.78, 5) is 23.1. The molecule has 36 heavy (non-hydrogen) atoms. The highest BCUT2D eigenvalue weighted by atomic mass is 35.5. The topological polar surface area (TPSA) is 66.4 Å². The maximum atomic E-state index is 14.7. The lowest BCUT2D eigenvalue weighted by molar-refractivity contribution is -0.135. The smallest absolute Gasteiger partial charge is 0.322 e. The van der Waals surface area contributed by atoms with Crippen molar-refractivity contribution in [1.82, 2.24) is 5.32 Å². The first-order valence-corrected chi connectivity index (χ1v) is 12.3. The Labute approximate surface area is 214 Å². The number of carboxylic acids is 1. The monoisotopic (exact) mass is 503 g/mol. The second-order valence-corrected chi connectivity index (χ2v) is 9.24. The quantitative estimate of drug-likeness (QED) is 0.254. The first-order valence-electron chi connectivity index (χ1n) is 11.9. The Kier molecular flexibility index (Phi) is 8.01. The molecule has 0 aliphatic rings. The van der Waals surface area contributed by atoms with Crippen LogP contribution in [0.2, 0.25) is 5.02 Å². The number of carbonyl (C=O) groups is 2. The van der Waals surface area contributed by atoms with Gasteiger partial charge in [-0.3, -0.25) is 9.59 Å². The molecule has 0 aliphatic carbocycles. The van der Waals surface area contributed by atoms with Crippen LogP contribution in [-0.4, -0.2) is 23.5 Å². The highest BCUT2D eigenvalue weighted by molar-refractivity contribution is 6.30. The van der Waals surface area contributed by atoms with Crippen LogP contribution >= 0.6 is 11.6 Å². The Morgan fingerprint density at radius 1 is 0.889 bits per heavy atom. The van der Waals surface area contributed by atoms with Crippen LogP contribution in [0.5, 0.6) is 0 Å². The number of rotatable bonds is 9. The van der Waals surface area contributed by atoms with E-state index >= 15 is 0 Å². The molecular formula is C30H27ClFNO3. The van der Waals surface area contributed by atoms with E-state index in [1.807, 2.05) is 60.7 Å². The lowest BCUT2D eigenvalue weighted by Crippen LogP contribution is -2.29. The van der Waals surface area contributed by atoms with Gasteiger partial charge in [-0.1, -0.05) is 79.5 Å². The van der Waals surface area contributed by atoms with Gasteiger partial charge in [-0.05, 0) is 64.7 Å². The van der Waals surface area contributed by atoms with E-state index < -0.39 is 18.4 Å². The third-order valence-corrected chi connectivity index (χ3v) is 6.72. The molecule has 4 rings (SSSR count). The Bertz CT molecular complexity index is 1370. The van der Waals surface area contributed by atoms with Crippen molar-refractivity contribution >= 4 is 34.2 Å². The summed E-state index contributed by atoms with van der Waals surface area (Å²) in [6, 6.07) is 26.0. The molecule has 184 valence electrons. The van der Waals surface area contributed by atoms with Gasteiger partial charge in [-0.2, -0.15) is 0 Å². The molecular weight excluding hydrogens is 477 g/mol. The first kappa shape index (κ1) is 25.4. The molecule has 0 radical (unpaired) electrons. The zero-order chi connectivity index (χ0) is 25.7. The summed E-state index contributed by atoms with van der Waals surface area (Å²) in [5.41, 5.74) is 3.53. The van der Waals surface area contributed by atoms with Crippen LogP contribution in [0.4, 0.5) is 4.39 Å². The molecule has 1 unspecified atom stereocenters. The summed E-state index contributed by atoms with van der Waals surface area (Å²) in [5, 5.41) is 13.3. The van der Waals surface area contributed by atoms with E-state index in [1.165, 1.54) is 6.07 Å². The maximum Gasteiger partial charge on any atom is 0.322 e. The van der Waals surface area contributed by atoms with Gasteiger partial charge in [0.15, 0.2) is 0 Å². The fraction of sp³-hybridized carbons (Fsp3) is 0.200. The van der Waals surface area contributed by atoms with Crippen LogP contribution < -0.4 is 5.32 Å². The molecule has 0 spiro atoms. The van der Waals surface area contributed by atoms with E-state index in [4.69, 9.17) is 16.7 Å². The number of halogens is 2. The van der Waals surface area contributed by atoms with Gasteiger partial charge in [-0.25, -0.2) is 4.39 Å². The van der Waals surface area contributed by atoms with Crippen molar-refractivity contribution in [3.05, 3.63) is 118 Å². The number of carbonyl (C=O) groups excluding carboxylic acids is 1. The van der Waals surface area contributed by atoms with E-state index in [0.717, 1.165) is 34.9 Å². The Morgan fingerprint density at radius 2 is 1.53 bits per heavy atom. The largest absolute Gasteiger partial charge is 0.480 e. The van der Waals surface area contributed by atoms with Crippen LogP contribution in [0.15, 0.2) is 84.9 Å². The molecule has 0 aliphatic heterocycles. The minimum atomic E-state index is -1.10.